The van der Waals surface area contributed by atoms with E-state index in [9.17, 15) is 4.79 Å². The number of hydrogen-bond donors (Lipinski definition) is 0. The summed E-state index contributed by atoms with van der Waals surface area (Å²) in [6, 6.07) is 15.5. The lowest BCUT2D eigenvalue weighted by atomic mass is 9.95. The van der Waals surface area contributed by atoms with Gasteiger partial charge in [-0.2, -0.15) is 0 Å². The Morgan fingerprint density at radius 2 is 1.61 bits per heavy atom. The van der Waals surface area contributed by atoms with E-state index in [4.69, 9.17) is 12.2 Å². The second kappa shape index (κ2) is 7.62. The van der Waals surface area contributed by atoms with Crippen LogP contribution in [-0.2, 0) is 6.54 Å². The molecule has 0 aliphatic carbocycles. The molecule has 0 atom stereocenters. The Morgan fingerprint density at radius 3 is 2.35 bits per heavy atom. The van der Waals surface area contributed by atoms with E-state index in [0.717, 1.165) is 36.3 Å². The molecule has 2 nitrogen and oxygen atoms in total. The predicted molar refractivity (Wildman–Crippen MR) is 98.2 cm³/mol. The Hall–Kier alpha value is -1.84. The summed E-state index contributed by atoms with van der Waals surface area (Å²) in [6.45, 7) is 3.10. The SMILES string of the molecule is O=C(c1ccccc1C=S)c1ccccc1CN1CCCCC1. The number of likely N-dealkylation sites (tertiary alicyclic amines) is 1. The van der Waals surface area contributed by atoms with Gasteiger partial charge in [0.05, 0.1) is 0 Å². The third-order valence-corrected chi connectivity index (χ3v) is 4.69. The Bertz CT molecular complexity index is 704. The van der Waals surface area contributed by atoms with Crippen molar-refractivity contribution in [3.63, 3.8) is 0 Å². The van der Waals surface area contributed by atoms with Gasteiger partial charge < -0.3 is 0 Å². The average molecular weight is 323 g/mol. The molecule has 1 heterocycles. The van der Waals surface area contributed by atoms with E-state index in [0.29, 0.717) is 5.56 Å². The standard InChI is InChI=1S/C20H21NOS/c22-20(19-11-5-3-9-17(19)15-23)18-10-4-2-8-16(18)14-21-12-6-1-7-13-21/h2-5,8-11,15H,1,6-7,12-14H2. The van der Waals surface area contributed by atoms with Gasteiger partial charge in [0.15, 0.2) is 5.78 Å². The molecule has 1 saturated heterocycles. The molecule has 0 radical (unpaired) electrons. The first kappa shape index (κ1) is 16.0. The maximum atomic E-state index is 13.0. The first-order valence-corrected chi connectivity index (χ1v) is 8.66. The van der Waals surface area contributed by atoms with Crippen molar-refractivity contribution in [1.82, 2.24) is 4.90 Å². The fourth-order valence-electron chi connectivity index (χ4n) is 3.19. The average Bonchev–Trinajstić information content (AvgIpc) is 2.62. The molecule has 0 bridgehead atoms. The molecule has 0 saturated carbocycles. The smallest absolute Gasteiger partial charge is 0.193 e. The molecule has 0 spiro atoms. The molecule has 2 aromatic carbocycles. The van der Waals surface area contributed by atoms with E-state index >= 15 is 0 Å². The molecular weight excluding hydrogens is 302 g/mol. The molecule has 118 valence electrons. The maximum absolute atomic E-state index is 13.0. The van der Waals surface area contributed by atoms with Crippen LogP contribution in [0.5, 0.6) is 0 Å². The number of carbonyl (C=O) groups excluding carboxylic acids is 1. The molecule has 0 amide bonds. The van der Waals surface area contributed by atoms with Crippen LogP contribution >= 0.6 is 12.2 Å². The number of ketones is 1. The fraction of sp³-hybridized carbons (Fsp3) is 0.300. The number of carbonyl (C=O) groups is 1. The minimum absolute atomic E-state index is 0.0642. The van der Waals surface area contributed by atoms with Gasteiger partial charge in [-0.25, -0.2) is 0 Å². The summed E-state index contributed by atoms with van der Waals surface area (Å²) in [5, 5.41) is 1.58. The van der Waals surface area contributed by atoms with Crippen LogP contribution in [0.1, 0.15) is 46.3 Å². The van der Waals surface area contributed by atoms with E-state index in [1.165, 1.54) is 19.3 Å². The van der Waals surface area contributed by atoms with Gasteiger partial charge in [-0.1, -0.05) is 67.2 Å². The van der Waals surface area contributed by atoms with Crippen LogP contribution in [0.25, 0.3) is 0 Å². The largest absolute Gasteiger partial charge is 0.299 e. The van der Waals surface area contributed by atoms with Crippen LogP contribution in [0.3, 0.4) is 0 Å². The molecular formula is C20H21NOS. The van der Waals surface area contributed by atoms with Crippen molar-refractivity contribution in [2.75, 3.05) is 13.1 Å². The minimum Gasteiger partial charge on any atom is -0.299 e. The summed E-state index contributed by atoms with van der Waals surface area (Å²) in [4.78, 5) is 15.4. The van der Waals surface area contributed by atoms with Gasteiger partial charge in [-0.05, 0) is 37.1 Å². The Labute approximate surface area is 143 Å². The second-order valence-electron chi connectivity index (χ2n) is 6.03. The maximum Gasteiger partial charge on any atom is 0.193 e. The molecule has 3 heteroatoms. The number of thiocarbonyl (C=S) groups is 1. The molecule has 1 aliphatic heterocycles. The van der Waals surface area contributed by atoms with Crippen molar-refractivity contribution in [2.24, 2.45) is 0 Å². The number of piperidine rings is 1. The van der Waals surface area contributed by atoms with Crippen LogP contribution in [0.15, 0.2) is 48.5 Å². The van der Waals surface area contributed by atoms with Gasteiger partial charge in [-0.15, -0.1) is 0 Å². The fourth-order valence-corrected chi connectivity index (χ4v) is 3.40. The number of hydrogen-bond acceptors (Lipinski definition) is 3. The highest BCUT2D eigenvalue weighted by Gasteiger charge is 2.18. The van der Waals surface area contributed by atoms with Crippen molar-refractivity contribution in [2.45, 2.75) is 25.8 Å². The third-order valence-electron chi connectivity index (χ3n) is 4.44. The van der Waals surface area contributed by atoms with Gasteiger partial charge in [-0.3, -0.25) is 9.69 Å². The lowest BCUT2D eigenvalue weighted by molar-refractivity contribution is 0.103. The van der Waals surface area contributed by atoms with Crippen molar-refractivity contribution in [1.29, 1.82) is 0 Å². The van der Waals surface area contributed by atoms with Crippen LogP contribution in [0.2, 0.25) is 0 Å². The summed E-state index contributed by atoms with van der Waals surface area (Å²) in [7, 11) is 0. The number of benzene rings is 2. The van der Waals surface area contributed by atoms with E-state index in [1.54, 1.807) is 5.37 Å². The zero-order valence-corrected chi connectivity index (χ0v) is 14.0. The summed E-state index contributed by atoms with van der Waals surface area (Å²) < 4.78 is 0. The molecule has 23 heavy (non-hydrogen) atoms. The van der Waals surface area contributed by atoms with Gasteiger partial charge in [0, 0.05) is 23.0 Å². The molecule has 3 rings (SSSR count). The van der Waals surface area contributed by atoms with Gasteiger partial charge in [0.1, 0.15) is 0 Å². The van der Waals surface area contributed by atoms with Crippen LogP contribution in [0, 0.1) is 0 Å². The third kappa shape index (κ3) is 3.74. The van der Waals surface area contributed by atoms with Crippen LogP contribution in [0.4, 0.5) is 0 Å². The summed E-state index contributed by atoms with van der Waals surface area (Å²) in [6.07, 6.45) is 3.83. The monoisotopic (exact) mass is 323 g/mol. The van der Waals surface area contributed by atoms with Crippen LogP contribution < -0.4 is 0 Å². The zero-order valence-electron chi connectivity index (χ0n) is 13.2. The Balaban J connectivity index is 1.90. The minimum atomic E-state index is 0.0642. The molecule has 0 aromatic heterocycles. The molecule has 1 fully saturated rings. The first-order chi connectivity index (χ1) is 11.3. The lowest BCUT2D eigenvalue weighted by Gasteiger charge is -2.27. The van der Waals surface area contributed by atoms with Crippen molar-refractivity contribution in [3.05, 3.63) is 70.8 Å². The predicted octanol–water partition coefficient (Wildman–Crippen LogP) is 4.25. The van der Waals surface area contributed by atoms with Crippen molar-refractivity contribution >= 4 is 23.4 Å². The molecule has 2 aromatic rings. The van der Waals surface area contributed by atoms with E-state index in [1.807, 2.05) is 42.5 Å². The number of nitrogens with zero attached hydrogens (tertiary/aromatic N) is 1. The van der Waals surface area contributed by atoms with E-state index in [-0.39, 0.29) is 5.78 Å². The quantitative estimate of drug-likeness (QED) is 0.606. The van der Waals surface area contributed by atoms with Crippen LogP contribution in [-0.4, -0.2) is 29.1 Å². The first-order valence-electron chi connectivity index (χ1n) is 8.19. The molecule has 1 aliphatic rings. The van der Waals surface area contributed by atoms with E-state index in [2.05, 4.69) is 11.0 Å². The summed E-state index contributed by atoms with van der Waals surface area (Å²) in [5.41, 5.74) is 3.41. The number of rotatable bonds is 5. The highest BCUT2D eigenvalue weighted by atomic mass is 32.1. The van der Waals surface area contributed by atoms with E-state index < -0.39 is 0 Å². The zero-order chi connectivity index (χ0) is 16.1. The Kier molecular flexibility index (Phi) is 5.31. The molecule has 0 N–H and O–H groups in total. The lowest BCUT2D eigenvalue weighted by Crippen LogP contribution is -2.29. The second-order valence-corrected chi connectivity index (χ2v) is 6.26. The Morgan fingerprint density at radius 1 is 0.957 bits per heavy atom. The normalized spacial score (nSPS) is 15.3. The summed E-state index contributed by atoms with van der Waals surface area (Å²) in [5.74, 6) is 0.0642. The van der Waals surface area contributed by atoms with Gasteiger partial charge >= 0.3 is 0 Å². The highest BCUT2D eigenvalue weighted by molar-refractivity contribution is 7.79. The highest BCUT2D eigenvalue weighted by Crippen LogP contribution is 2.20. The molecule has 0 unspecified atom stereocenters. The topological polar surface area (TPSA) is 20.3 Å². The van der Waals surface area contributed by atoms with Gasteiger partial charge in [0.25, 0.3) is 0 Å². The summed E-state index contributed by atoms with van der Waals surface area (Å²) >= 11 is 5.05. The van der Waals surface area contributed by atoms with Crippen molar-refractivity contribution in [3.8, 4) is 0 Å². The van der Waals surface area contributed by atoms with Crippen molar-refractivity contribution < 1.29 is 4.79 Å². The van der Waals surface area contributed by atoms with Gasteiger partial charge in [0.2, 0.25) is 0 Å².